The summed E-state index contributed by atoms with van der Waals surface area (Å²) in [7, 11) is -3.48. The third kappa shape index (κ3) is 5.62. The molecule has 2 rings (SSSR count). The molecule has 2 aromatic carbocycles. The van der Waals surface area contributed by atoms with Crippen molar-refractivity contribution in [1.29, 1.82) is 0 Å². The normalized spacial score (nSPS) is 11.2. The molecule has 0 saturated heterocycles. The molecule has 0 aliphatic heterocycles. The van der Waals surface area contributed by atoms with Crippen LogP contribution in [0.5, 0.6) is 0 Å². The van der Waals surface area contributed by atoms with Crippen molar-refractivity contribution in [3.8, 4) is 0 Å². The molecule has 0 fully saturated rings. The first-order valence-electron chi connectivity index (χ1n) is 7.97. The number of nitrogens with zero attached hydrogens (tertiary/aromatic N) is 1. The van der Waals surface area contributed by atoms with Crippen LogP contribution in [0.15, 0.2) is 42.5 Å². The van der Waals surface area contributed by atoms with Crippen molar-refractivity contribution in [3.05, 3.63) is 58.1 Å². The number of hydrogen-bond acceptors (Lipinski definition) is 3. The van der Waals surface area contributed by atoms with E-state index < -0.39 is 10.0 Å². The highest BCUT2D eigenvalue weighted by Crippen LogP contribution is 2.24. The third-order valence-electron chi connectivity index (χ3n) is 3.80. The summed E-state index contributed by atoms with van der Waals surface area (Å²) in [5.41, 5.74) is 1.92. The molecule has 0 atom stereocenters. The SMILES string of the molecule is Cc1c(Cl)cccc1NC(=O)CCCN(c1cccc(Cl)c1)S(C)(=O)=O. The van der Waals surface area contributed by atoms with Gasteiger partial charge in [-0.05, 0) is 49.2 Å². The van der Waals surface area contributed by atoms with Crippen LogP contribution >= 0.6 is 23.2 Å². The van der Waals surface area contributed by atoms with E-state index in [1.165, 1.54) is 4.31 Å². The fraction of sp³-hybridized carbons (Fsp3) is 0.278. The first kappa shape index (κ1) is 20.6. The quantitative estimate of drug-likeness (QED) is 0.725. The van der Waals surface area contributed by atoms with E-state index >= 15 is 0 Å². The molecule has 0 unspecified atom stereocenters. The second-order valence-electron chi connectivity index (χ2n) is 5.88. The maximum atomic E-state index is 12.2. The van der Waals surface area contributed by atoms with Crippen molar-refractivity contribution in [2.75, 3.05) is 22.4 Å². The average molecular weight is 415 g/mol. The van der Waals surface area contributed by atoms with Crippen LogP contribution in [0.2, 0.25) is 10.0 Å². The molecule has 0 heterocycles. The molecule has 26 heavy (non-hydrogen) atoms. The summed E-state index contributed by atoms with van der Waals surface area (Å²) in [4.78, 5) is 12.2. The van der Waals surface area contributed by atoms with E-state index in [-0.39, 0.29) is 18.9 Å². The van der Waals surface area contributed by atoms with Gasteiger partial charge in [-0.25, -0.2) is 8.42 Å². The van der Waals surface area contributed by atoms with Crippen LogP contribution < -0.4 is 9.62 Å². The molecule has 0 bridgehead atoms. The second kappa shape index (κ2) is 8.75. The Balaban J connectivity index is 1.99. The molecule has 5 nitrogen and oxygen atoms in total. The standard InChI is InChI=1S/C18H20Cl2N2O3S/c1-13-16(20)8-4-9-17(13)21-18(23)10-5-11-22(26(2,24)25)15-7-3-6-14(19)12-15/h3-4,6-9,12H,5,10-11H2,1-2H3,(H,21,23). The number of hydrogen-bond donors (Lipinski definition) is 1. The zero-order chi connectivity index (χ0) is 19.3. The first-order valence-corrected chi connectivity index (χ1v) is 10.6. The summed E-state index contributed by atoms with van der Waals surface area (Å²) in [5.74, 6) is -0.199. The van der Waals surface area contributed by atoms with Crippen LogP contribution in [0.25, 0.3) is 0 Å². The summed E-state index contributed by atoms with van der Waals surface area (Å²) in [5, 5.41) is 3.83. The smallest absolute Gasteiger partial charge is 0.232 e. The average Bonchev–Trinajstić information content (AvgIpc) is 2.54. The minimum absolute atomic E-state index is 0.179. The van der Waals surface area contributed by atoms with Gasteiger partial charge in [0.2, 0.25) is 15.9 Å². The zero-order valence-electron chi connectivity index (χ0n) is 14.5. The monoisotopic (exact) mass is 414 g/mol. The van der Waals surface area contributed by atoms with Gasteiger partial charge >= 0.3 is 0 Å². The molecule has 0 aromatic heterocycles. The summed E-state index contributed by atoms with van der Waals surface area (Å²) in [6, 6.07) is 11.9. The molecule has 140 valence electrons. The molecular formula is C18H20Cl2N2O3S. The molecule has 0 aliphatic carbocycles. The molecule has 1 amide bonds. The Morgan fingerprint density at radius 3 is 2.50 bits per heavy atom. The summed E-state index contributed by atoms with van der Waals surface area (Å²) < 4.78 is 25.4. The minimum atomic E-state index is -3.48. The van der Waals surface area contributed by atoms with Crippen molar-refractivity contribution in [3.63, 3.8) is 0 Å². The van der Waals surface area contributed by atoms with E-state index in [4.69, 9.17) is 23.2 Å². The van der Waals surface area contributed by atoms with Crippen molar-refractivity contribution in [2.24, 2.45) is 0 Å². The fourth-order valence-electron chi connectivity index (χ4n) is 2.46. The summed E-state index contributed by atoms with van der Waals surface area (Å²) in [6.45, 7) is 2.00. The Labute approximate surface area is 164 Å². The Bertz CT molecular complexity index is 901. The molecule has 0 saturated carbocycles. The van der Waals surface area contributed by atoms with Gasteiger partial charge in [0, 0.05) is 28.7 Å². The predicted octanol–water partition coefficient (Wildman–Crippen LogP) is 4.49. The Hall–Kier alpha value is -1.76. The number of anilines is 2. The van der Waals surface area contributed by atoms with Crippen LogP contribution in [0.3, 0.4) is 0 Å². The molecule has 0 aliphatic rings. The summed E-state index contributed by atoms with van der Waals surface area (Å²) >= 11 is 12.0. The number of benzene rings is 2. The van der Waals surface area contributed by atoms with Gasteiger partial charge in [-0.15, -0.1) is 0 Å². The predicted molar refractivity (Wildman–Crippen MR) is 108 cm³/mol. The van der Waals surface area contributed by atoms with Gasteiger partial charge in [0.15, 0.2) is 0 Å². The lowest BCUT2D eigenvalue weighted by Crippen LogP contribution is -2.31. The van der Waals surface area contributed by atoms with Gasteiger partial charge in [0.1, 0.15) is 0 Å². The largest absolute Gasteiger partial charge is 0.326 e. The van der Waals surface area contributed by atoms with E-state index in [1.807, 2.05) is 6.92 Å². The van der Waals surface area contributed by atoms with Gasteiger partial charge in [-0.1, -0.05) is 35.3 Å². The lowest BCUT2D eigenvalue weighted by atomic mass is 10.2. The molecule has 1 N–H and O–H groups in total. The number of nitrogens with one attached hydrogen (secondary N) is 1. The van der Waals surface area contributed by atoms with Crippen molar-refractivity contribution >= 4 is 50.5 Å². The number of carbonyl (C=O) groups excluding carboxylic acids is 1. The van der Waals surface area contributed by atoms with Crippen molar-refractivity contribution in [2.45, 2.75) is 19.8 Å². The lowest BCUT2D eigenvalue weighted by molar-refractivity contribution is -0.116. The second-order valence-corrected chi connectivity index (χ2v) is 8.63. The fourth-order valence-corrected chi connectivity index (χ4v) is 3.77. The highest BCUT2D eigenvalue weighted by atomic mass is 35.5. The van der Waals surface area contributed by atoms with E-state index in [0.717, 1.165) is 11.8 Å². The van der Waals surface area contributed by atoms with Crippen LogP contribution in [-0.4, -0.2) is 27.1 Å². The van der Waals surface area contributed by atoms with E-state index in [9.17, 15) is 13.2 Å². The third-order valence-corrected chi connectivity index (χ3v) is 5.64. The van der Waals surface area contributed by atoms with Crippen LogP contribution in [-0.2, 0) is 14.8 Å². The maximum absolute atomic E-state index is 12.2. The molecule has 8 heteroatoms. The van der Waals surface area contributed by atoms with Gasteiger partial charge in [0.05, 0.1) is 11.9 Å². The number of amides is 1. The molecular weight excluding hydrogens is 395 g/mol. The van der Waals surface area contributed by atoms with Gasteiger partial charge in [-0.3, -0.25) is 9.10 Å². The molecule has 0 radical (unpaired) electrons. The van der Waals surface area contributed by atoms with Crippen LogP contribution in [0, 0.1) is 6.92 Å². The van der Waals surface area contributed by atoms with E-state index in [2.05, 4.69) is 5.32 Å². The Morgan fingerprint density at radius 1 is 1.15 bits per heavy atom. The Morgan fingerprint density at radius 2 is 1.85 bits per heavy atom. The summed E-state index contributed by atoms with van der Waals surface area (Å²) in [6.07, 6.45) is 1.67. The van der Waals surface area contributed by atoms with Crippen molar-refractivity contribution < 1.29 is 13.2 Å². The lowest BCUT2D eigenvalue weighted by Gasteiger charge is -2.22. The Kier molecular flexibility index (Phi) is 6.92. The number of carbonyl (C=O) groups is 1. The minimum Gasteiger partial charge on any atom is -0.326 e. The number of rotatable bonds is 7. The van der Waals surface area contributed by atoms with Crippen LogP contribution in [0.1, 0.15) is 18.4 Å². The zero-order valence-corrected chi connectivity index (χ0v) is 16.8. The van der Waals surface area contributed by atoms with E-state index in [1.54, 1.807) is 42.5 Å². The van der Waals surface area contributed by atoms with Crippen molar-refractivity contribution in [1.82, 2.24) is 0 Å². The molecule has 2 aromatic rings. The van der Waals surface area contributed by atoms with Gasteiger partial charge in [0.25, 0.3) is 0 Å². The highest BCUT2D eigenvalue weighted by molar-refractivity contribution is 7.92. The topological polar surface area (TPSA) is 66.5 Å². The van der Waals surface area contributed by atoms with E-state index in [0.29, 0.717) is 27.8 Å². The highest BCUT2D eigenvalue weighted by Gasteiger charge is 2.18. The number of halogens is 2. The number of sulfonamides is 1. The maximum Gasteiger partial charge on any atom is 0.232 e. The molecule has 0 spiro atoms. The van der Waals surface area contributed by atoms with Crippen LogP contribution in [0.4, 0.5) is 11.4 Å². The first-order chi connectivity index (χ1) is 12.2. The van der Waals surface area contributed by atoms with Gasteiger partial charge < -0.3 is 5.32 Å². The van der Waals surface area contributed by atoms with Gasteiger partial charge in [-0.2, -0.15) is 0 Å².